The zero-order chi connectivity index (χ0) is 23.2. The van der Waals surface area contributed by atoms with Gasteiger partial charge in [0.2, 0.25) is 0 Å². The van der Waals surface area contributed by atoms with Crippen LogP contribution in [0.5, 0.6) is 0 Å². The molecule has 2 aromatic carbocycles. The van der Waals surface area contributed by atoms with Gasteiger partial charge in [-0.3, -0.25) is 9.48 Å². The number of fused-ring (bicyclic) bond motifs is 1. The molecule has 0 fully saturated rings. The zero-order valence-corrected chi connectivity index (χ0v) is 17.9. The van der Waals surface area contributed by atoms with Crippen molar-refractivity contribution in [1.82, 2.24) is 19.7 Å². The van der Waals surface area contributed by atoms with E-state index >= 15 is 0 Å². The molecule has 0 aliphatic rings. The molecule has 1 amide bonds. The van der Waals surface area contributed by atoms with Crippen molar-refractivity contribution in [3.05, 3.63) is 71.2 Å². The van der Waals surface area contributed by atoms with Crippen LogP contribution in [-0.2, 0) is 13.2 Å². The zero-order valence-electron chi connectivity index (χ0n) is 17.9. The van der Waals surface area contributed by atoms with Gasteiger partial charge in [-0.1, -0.05) is 0 Å². The molecule has 9 heteroatoms. The molecule has 0 N–H and O–H groups in total. The van der Waals surface area contributed by atoms with Crippen molar-refractivity contribution in [2.45, 2.75) is 20.0 Å². The van der Waals surface area contributed by atoms with Crippen LogP contribution in [0.2, 0.25) is 0 Å². The predicted octanol–water partition coefficient (Wildman–Crippen LogP) is 4.94. The molecule has 0 unspecified atom stereocenters. The molecule has 0 radical (unpaired) electrons. The first-order valence-corrected chi connectivity index (χ1v) is 9.78. The second kappa shape index (κ2) is 7.74. The molecular weight excluding hydrogens is 419 g/mol. The molecule has 4 rings (SSSR count). The quantitative estimate of drug-likeness (QED) is 0.454. The summed E-state index contributed by atoms with van der Waals surface area (Å²) in [5.74, 6) is 0.212. The molecule has 2 heterocycles. The van der Waals surface area contributed by atoms with E-state index in [1.54, 1.807) is 42.0 Å². The number of nitrogens with zero attached hydrogens (tertiary/aromatic N) is 5. The van der Waals surface area contributed by atoms with E-state index in [-0.39, 0.29) is 5.91 Å². The monoisotopic (exact) mass is 439 g/mol. The van der Waals surface area contributed by atoms with Gasteiger partial charge in [0.25, 0.3) is 5.91 Å². The van der Waals surface area contributed by atoms with Crippen LogP contribution in [0.3, 0.4) is 0 Å². The first-order valence-electron chi connectivity index (χ1n) is 9.78. The number of amides is 1. The topological polar surface area (TPSA) is 63.9 Å². The van der Waals surface area contributed by atoms with Gasteiger partial charge in [-0.15, -0.1) is 0 Å². The van der Waals surface area contributed by atoms with Crippen LogP contribution in [0.25, 0.3) is 22.3 Å². The van der Waals surface area contributed by atoms with Gasteiger partial charge in [0.1, 0.15) is 5.69 Å². The molecule has 0 atom stereocenters. The Hall–Kier alpha value is -3.75. The third-order valence-corrected chi connectivity index (χ3v) is 5.35. The first kappa shape index (κ1) is 21.5. The van der Waals surface area contributed by atoms with Crippen molar-refractivity contribution in [3.8, 4) is 11.4 Å². The molecule has 6 nitrogen and oxygen atoms in total. The summed E-state index contributed by atoms with van der Waals surface area (Å²) >= 11 is 0. The van der Waals surface area contributed by atoms with Gasteiger partial charge in [0.05, 0.1) is 17.3 Å². The van der Waals surface area contributed by atoms with Crippen LogP contribution in [0.4, 0.5) is 18.9 Å². The molecule has 0 aliphatic heterocycles. The Bertz CT molecular complexity index is 1320. The van der Waals surface area contributed by atoms with E-state index in [9.17, 15) is 18.0 Å². The number of carbonyl (C=O) groups excluding carboxylic acids is 1. The van der Waals surface area contributed by atoms with Crippen LogP contribution in [-0.4, -0.2) is 32.7 Å². The van der Waals surface area contributed by atoms with Gasteiger partial charge in [-0.2, -0.15) is 18.3 Å². The maximum atomic E-state index is 13.0. The third-order valence-electron chi connectivity index (χ3n) is 5.35. The van der Waals surface area contributed by atoms with E-state index in [1.165, 1.54) is 12.3 Å². The lowest BCUT2D eigenvalue weighted by Gasteiger charge is -2.20. The minimum Gasteiger partial charge on any atom is -0.310 e. The number of aromatic nitrogens is 4. The van der Waals surface area contributed by atoms with E-state index in [4.69, 9.17) is 0 Å². The minimum atomic E-state index is -4.42. The number of anilines is 1. The molecule has 32 heavy (non-hydrogen) atoms. The van der Waals surface area contributed by atoms with E-state index in [0.29, 0.717) is 28.0 Å². The summed E-state index contributed by atoms with van der Waals surface area (Å²) < 4.78 is 40.3. The highest BCUT2D eigenvalue weighted by Gasteiger charge is 2.30. The molecule has 2 aromatic heterocycles. The largest absolute Gasteiger partial charge is 0.416 e. The van der Waals surface area contributed by atoms with Gasteiger partial charge in [0.15, 0.2) is 5.82 Å². The molecule has 0 saturated heterocycles. The van der Waals surface area contributed by atoms with Gasteiger partial charge in [0, 0.05) is 36.9 Å². The van der Waals surface area contributed by atoms with Gasteiger partial charge < -0.3 is 4.90 Å². The van der Waals surface area contributed by atoms with Gasteiger partial charge in [-0.25, -0.2) is 9.97 Å². The van der Waals surface area contributed by atoms with E-state index in [2.05, 4.69) is 15.1 Å². The smallest absolute Gasteiger partial charge is 0.310 e. The Labute approximate surface area is 182 Å². The molecule has 164 valence electrons. The number of carbonyl (C=O) groups is 1. The number of halogens is 3. The highest BCUT2D eigenvalue weighted by Crippen LogP contribution is 2.32. The molecule has 0 aliphatic carbocycles. The number of alkyl halides is 3. The summed E-state index contributed by atoms with van der Waals surface area (Å²) in [5.41, 5.74) is 3.22. The molecule has 0 saturated carbocycles. The fourth-order valence-electron chi connectivity index (χ4n) is 3.64. The molecular formula is C23H20F3N5O. The predicted molar refractivity (Wildman–Crippen MR) is 115 cm³/mol. The van der Waals surface area contributed by atoms with Gasteiger partial charge >= 0.3 is 6.18 Å². The standard InChI is InChI=1S/C23H20F3N5O/c1-13-9-15(5-8-19(13)30(3)22(32)20-14(2)11-28-31(20)4)21-27-12-16-10-17(23(24,25)26)6-7-18(16)29-21/h5-12H,1-4H3. The van der Waals surface area contributed by atoms with Crippen molar-refractivity contribution in [2.24, 2.45) is 7.05 Å². The molecule has 0 bridgehead atoms. The van der Waals surface area contributed by atoms with Crippen LogP contribution < -0.4 is 4.90 Å². The average Bonchev–Trinajstić information content (AvgIpc) is 3.09. The summed E-state index contributed by atoms with van der Waals surface area (Å²) in [5, 5.41) is 4.44. The Balaban J connectivity index is 1.65. The number of hydrogen-bond acceptors (Lipinski definition) is 4. The van der Waals surface area contributed by atoms with Crippen LogP contribution in [0.1, 0.15) is 27.2 Å². The van der Waals surface area contributed by atoms with E-state index < -0.39 is 11.7 Å². The Kier molecular flexibility index (Phi) is 5.20. The summed E-state index contributed by atoms with van der Waals surface area (Å²) in [6, 6.07) is 8.82. The second-order valence-corrected chi connectivity index (χ2v) is 7.63. The highest BCUT2D eigenvalue weighted by atomic mass is 19.4. The third kappa shape index (κ3) is 3.81. The van der Waals surface area contributed by atoms with Crippen molar-refractivity contribution >= 4 is 22.5 Å². The number of benzene rings is 2. The van der Waals surface area contributed by atoms with Crippen molar-refractivity contribution in [3.63, 3.8) is 0 Å². The maximum absolute atomic E-state index is 13.0. The lowest BCUT2D eigenvalue weighted by molar-refractivity contribution is -0.137. The fraction of sp³-hybridized carbons (Fsp3) is 0.217. The average molecular weight is 439 g/mol. The number of rotatable bonds is 3. The second-order valence-electron chi connectivity index (χ2n) is 7.63. The van der Waals surface area contributed by atoms with Crippen molar-refractivity contribution < 1.29 is 18.0 Å². The number of hydrogen-bond donors (Lipinski definition) is 0. The summed E-state index contributed by atoms with van der Waals surface area (Å²) in [7, 11) is 3.42. The number of aryl methyl sites for hydroxylation is 3. The lowest BCUT2D eigenvalue weighted by Crippen LogP contribution is -2.29. The lowest BCUT2D eigenvalue weighted by atomic mass is 10.1. The Morgan fingerprint density at radius 2 is 1.78 bits per heavy atom. The normalized spacial score (nSPS) is 11.7. The van der Waals surface area contributed by atoms with E-state index in [1.807, 2.05) is 19.9 Å². The van der Waals surface area contributed by atoms with E-state index in [0.717, 1.165) is 28.9 Å². The Morgan fingerprint density at radius 3 is 2.41 bits per heavy atom. The summed E-state index contributed by atoms with van der Waals surface area (Å²) in [4.78, 5) is 23.2. The molecule has 4 aromatic rings. The SMILES string of the molecule is Cc1cc(-c2ncc3cc(C(F)(F)F)ccc3n2)ccc1N(C)C(=O)c1c(C)cnn1C. The van der Waals surface area contributed by atoms with Gasteiger partial charge in [-0.05, 0) is 61.4 Å². The first-order chi connectivity index (χ1) is 15.1. The van der Waals surface area contributed by atoms with Crippen LogP contribution in [0, 0.1) is 13.8 Å². The highest BCUT2D eigenvalue weighted by molar-refractivity contribution is 6.06. The summed E-state index contributed by atoms with van der Waals surface area (Å²) in [6.45, 7) is 3.70. The Morgan fingerprint density at radius 1 is 1.03 bits per heavy atom. The van der Waals surface area contributed by atoms with Crippen molar-refractivity contribution in [1.29, 1.82) is 0 Å². The minimum absolute atomic E-state index is 0.180. The summed E-state index contributed by atoms with van der Waals surface area (Å²) in [6.07, 6.45) is -1.39. The maximum Gasteiger partial charge on any atom is 0.416 e. The van der Waals surface area contributed by atoms with Crippen LogP contribution in [0.15, 0.2) is 48.8 Å². The molecule has 0 spiro atoms. The fourth-order valence-corrected chi connectivity index (χ4v) is 3.64. The van der Waals surface area contributed by atoms with Crippen molar-refractivity contribution in [2.75, 3.05) is 11.9 Å². The van der Waals surface area contributed by atoms with Crippen LogP contribution >= 0.6 is 0 Å².